The normalized spacial score (nSPS) is 10.0. The number of hydrogen-bond donors (Lipinski definition) is 2. The minimum absolute atomic E-state index is 0.00926. The Labute approximate surface area is 91.0 Å². The van der Waals surface area contributed by atoms with Crippen molar-refractivity contribution in [1.29, 1.82) is 0 Å². The van der Waals surface area contributed by atoms with Crippen LogP contribution in [-0.2, 0) is 11.2 Å². The molecule has 0 saturated heterocycles. The van der Waals surface area contributed by atoms with Crippen LogP contribution < -0.4 is 5.46 Å². The second kappa shape index (κ2) is 4.73. The first-order valence-electron chi connectivity index (χ1n) is 4.14. The molecule has 0 amide bonds. The van der Waals surface area contributed by atoms with Crippen LogP contribution in [0.2, 0.25) is 0 Å². The van der Waals surface area contributed by atoms with Gasteiger partial charge in [-0.25, -0.2) is 0 Å². The first-order chi connectivity index (χ1) is 6.50. The van der Waals surface area contributed by atoms with Gasteiger partial charge in [-0.05, 0) is 30.1 Å². The summed E-state index contributed by atoms with van der Waals surface area (Å²) in [5.74, 6) is -0.00926. The van der Waals surface area contributed by atoms with Crippen molar-refractivity contribution in [3.05, 3.63) is 28.2 Å². The molecule has 0 aromatic heterocycles. The average molecular weight is 257 g/mol. The molecule has 1 aromatic rings. The Morgan fingerprint density at radius 3 is 2.64 bits per heavy atom. The topological polar surface area (TPSA) is 57.5 Å². The van der Waals surface area contributed by atoms with Crippen LogP contribution in [0, 0.1) is 0 Å². The third kappa shape index (κ3) is 2.94. The molecule has 2 N–H and O–H groups in total. The molecule has 0 spiro atoms. The fourth-order valence-electron chi connectivity index (χ4n) is 1.25. The number of ketones is 1. The standard InChI is InChI=1S/C9H10BBrO3/c1-6(12)4-7-5-8(11)2-3-9(7)10(13)14/h2-3,5,13-14H,4H2,1H3. The molecule has 0 aliphatic rings. The molecule has 14 heavy (non-hydrogen) atoms. The third-order valence-corrected chi connectivity index (χ3v) is 2.32. The highest BCUT2D eigenvalue weighted by Crippen LogP contribution is 2.11. The van der Waals surface area contributed by atoms with Gasteiger partial charge >= 0.3 is 7.12 Å². The van der Waals surface area contributed by atoms with Gasteiger partial charge in [0.05, 0.1) is 0 Å². The van der Waals surface area contributed by atoms with Crippen LogP contribution >= 0.6 is 15.9 Å². The summed E-state index contributed by atoms with van der Waals surface area (Å²) in [6.45, 7) is 1.47. The summed E-state index contributed by atoms with van der Waals surface area (Å²) in [5, 5.41) is 18.1. The fourth-order valence-corrected chi connectivity index (χ4v) is 1.66. The molecule has 0 unspecified atom stereocenters. The number of halogens is 1. The molecular weight excluding hydrogens is 247 g/mol. The maximum Gasteiger partial charge on any atom is 0.488 e. The Balaban J connectivity index is 3.09. The summed E-state index contributed by atoms with van der Waals surface area (Å²) in [4.78, 5) is 10.9. The van der Waals surface area contributed by atoms with Crippen molar-refractivity contribution >= 4 is 34.3 Å². The zero-order valence-corrected chi connectivity index (χ0v) is 9.28. The quantitative estimate of drug-likeness (QED) is 0.763. The van der Waals surface area contributed by atoms with Gasteiger partial charge in [-0.15, -0.1) is 0 Å². The molecule has 0 atom stereocenters. The molecule has 0 heterocycles. The van der Waals surface area contributed by atoms with Crippen LogP contribution in [0.5, 0.6) is 0 Å². The van der Waals surface area contributed by atoms with Gasteiger partial charge in [0.1, 0.15) is 5.78 Å². The van der Waals surface area contributed by atoms with Crippen LogP contribution in [0.4, 0.5) is 0 Å². The third-order valence-electron chi connectivity index (χ3n) is 1.82. The highest BCUT2D eigenvalue weighted by molar-refractivity contribution is 9.10. The summed E-state index contributed by atoms with van der Waals surface area (Å²) >= 11 is 3.26. The smallest absolute Gasteiger partial charge is 0.423 e. The lowest BCUT2D eigenvalue weighted by Crippen LogP contribution is -2.33. The van der Waals surface area contributed by atoms with E-state index in [1.807, 2.05) is 0 Å². The molecule has 0 bridgehead atoms. The lowest BCUT2D eigenvalue weighted by atomic mass is 9.76. The van der Waals surface area contributed by atoms with E-state index in [9.17, 15) is 4.79 Å². The first-order valence-corrected chi connectivity index (χ1v) is 4.94. The van der Waals surface area contributed by atoms with E-state index in [0.717, 1.165) is 4.47 Å². The molecule has 0 radical (unpaired) electrons. The summed E-state index contributed by atoms with van der Waals surface area (Å²) in [6, 6.07) is 5.02. The molecule has 0 fully saturated rings. The number of Topliss-reactive ketones (excluding diaryl/α,β-unsaturated/α-hetero) is 1. The number of rotatable bonds is 3. The van der Waals surface area contributed by atoms with Gasteiger partial charge < -0.3 is 10.0 Å². The van der Waals surface area contributed by atoms with Crippen LogP contribution in [0.15, 0.2) is 22.7 Å². The molecule has 1 rings (SSSR count). The monoisotopic (exact) mass is 256 g/mol. The van der Waals surface area contributed by atoms with Crippen LogP contribution in [-0.4, -0.2) is 22.9 Å². The van der Waals surface area contributed by atoms with Gasteiger partial charge in [-0.2, -0.15) is 0 Å². The van der Waals surface area contributed by atoms with E-state index >= 15 is 0 Å². The van der Waals surface area contributed by atoms with Crippen LogP contribution in [0.3, 0.4) is 0 Å². The van der Waals surface area contributed by atoms with E-state index in [4.69, 9.17) is 10.0 Å². The van der Waals surface area contributed by atoms with E-state index in [-0.39, 0.29) is 12.2 Å². The molecule has 74 valence electrons. The van der Waals surface area contributed by atoms with Crippen molar-refractivity contribution < 1.29 is 14.8 Å². The van der Waals surface area contributed by atoms with Crippen molar-refractivity contribution in [3.8, 4) is 0 Å². The molecule has 0 aliphatic heterocycles. The summed E-state index contributed by atoms with van der Waals surface area (Å²) in [6.07, 6.45) is 0.215. The van der Waals surface area contributed by atoms with Crippen molar-refractivity contribution in [1.82, 2.24) is 0 Å². The summed E-state index contributed by atoms with van der Waals surface area (Å²) in [5.41, 5.74) is 1.02. The van der Waals surface area contributed by atoms with Gasteiger partial charge in [0.15, 0.2) is 0 Å². The van der Waals surface area contributed by atoms with Gasteiger partial charge in [0.2, 0.25) is 0 Å². The van der Waals surface area contributed by atoms with Gasteiger partial charge in [-0.3, -0.25) is 4.79 Å². The number of carbonyl (C=O) groups is 1. The van der Waals surface area contributed by atoms with E-state index < -0.39 is 7.12 Å². The molecule has 0 saturated carbocycles. The lowest BCUT2D eigenvalue weighted by Gasteiger charge is -2.07. The predicted molar refractivity (Wildman–Crippen MR) is 58.4 cm³/mol. The van der Waals surface area contributed by atoms with E-state index in [2.05, 4.69) is 15.9 Å². The van der Waals surface area contributed by atoms with E-state index in [0.29, 0.717) is 11.0 Å². The van der Waals surface area contributed by atoms with Gasteiger partial charge in [0, 0.05) is 10.9 Å². The predicted octanol–water partition coefficient (Wildman–Crippen LogP) is 0.260. The number of benzene rings is 1. The fraction of sp³-hybridized carbons (Fsp3) is 0.222. The maximum absolute atomic E-state index is 10.9. The zero-order chi connectivity index (χ0) is 10.7. The van der Waals surface area contributed by atoms with Crippen LogP contribution in [0.1, 0.15) is 12.5 Å². The highest BCUT2D eigenvalue weighted by Gasteiger charge is 2.16. The molecule has 1 aromatic carbocycles. The molecule has 3 nitrogen and oxygen atoms in total. The maximum atomic E-state index is 10.9. The SMILES string of the molecule is CC(=O)Cc1cc(Br)ccc1B(O)O. The van der Waals surface area contributed by atoms with E-state index in [1.165, 1.54) is 6.92 Å². The van der Waals surface area contributed by atoms with Crippen molar-refractivity contribution in [3.63, 3.8) is 0 Å². The van der Waals surface area contributed by atoms with Crippen molar-refractivity contribution in [2.24, 2.45) is 0 Å². The minimum Gasteiger partial charge on any atom is -0.423 e. The number of carbonyl (C=O) groups excluding carboxylic acids is 1. The Kier molecular flexibility index (Phi) is 3.86. The van der Waals surface area contributed by atoms with Crippen molar-refractivity contribution in [2.45, 2.75) is 13.3 Å². The van der Waals surface area contributed by atoms with Gasteiger partial charge in [0.25, 0.3) is 0 Å². The Hall–Kier alpha value is -0.645. The zero-order valence-electron chi connectivity index (χ0n) is 7.70. The molecule has 5 heteroatoms. The summed E-state index contributed by atoms with van der Waals surface area (Å²) < 4.78 is 0.818. The highest BCUT2D eigenvalue weighted by atomic mass is 79.9. The molecule has 0 aliphatic carbocycles. The first kappa shape index (κ1) is 11.4. The van der Waals surface area contributed by atoms with Gasteiger partial charge in [-0.1, -0.05) is 22.0 Å². The number of hydrogen-bond acceptors (Lipinski definition) is 3. The minimum atomic E-state index is -1.53. The molecular formula is C9H10BBrO3. The lowest BCUT2D eigenvalue weighted by molar-refractivity contribution is -0.116. The summed E-state index contributed by atoms with van der Waals surface area (Å²) in [7, 11) is -1.53. The van der Waals surface area contributed by atoms with Crippen LogP contribution in [0.25, 0.3) is 0 Å². The largest absolute Gasteiger partial charge is 0.488 e. The second-order valence-corrected chi connectivity index (χ2v) is 4.01. The van der Waals surface area contributed by atoms with E-state index in [1.54, 1.807) is 18.2 Å². The Morgan fingerprint density at radius 2 is 2.14 bits per heavy atom. The second-order valence-electron chi connectivity index (χ2n) is 3.10. The Morgan fingerprint density at radius 1 is 1.50 bits per heavy atom. The Bertz CT molecular complexity index is 352. The average Bonchev–Trinajstić information content (AvgIpc) is 2.01. The van der Waals surface area contributed by atoms with Crippen molar-refractivity contribution in [2.75, 3.05) is 0 Å².